The third-order valence-corrected chi connectivity index (χ3v) is 6.66. The van der Waals surface area contributed by atoms with Crippen LogP contribution in [0.3, 0.4) is 0 Å². The lowest BCUT2D eigenvalue weighted by molar-refractivity contribution is -0.138. The molecule has 2 saturated heterocycles. The van der Waals surface area contributed by atoms with E-state index in [1.165, 1.54) is 0 Å². The fourth-order valence-electron chi connectivity index (χ4n) is 4.69. The Kier molecular flexibility index (Phi) is 8.15. The van der Waals surface area contributed by atoms with Gasteiger partial charge in [0.2, 0.25) is 5.91 Å². The number of benzene rings is 1. The van der Waals surface area contributed by atoms with Gasteiger partial charge in [0, 0.05) is 37.3 Å². The van der Waals surface area contributed by atoms with Gasteiger partial charge in [-0.05, 0) is 77.8 Å². The maximum atomic E-state index is 13.6. The summed E-state index contributed by atoms with van der Waals surface area (Å²) in [6.45, 7) is 9.88. The SMILES string of the molecule is Cc1ccc(C(=O)NC(C(=O)N2CCCCC2C)C2CCN(C(=O)NC(C)C)CC2)cc1. The number of aryl methyl sites for hydroxylation is 1. The van der Waals surface area contributed by atoms with Crippen molar-refractivity contribution < 1.29 is 14.4 Å². The number of nitrogens with zero attached hydrogens (tertiary/aromatic N) is 2. The average molecular weight is 443 g/mol. The topological polar surface area (TPSA) is 81.8 Å². The van der Waals surface area contributed by atoms with Crippen LogP contribution in [0.25, 0.3) is 0 Å². The molecule has 176 valence electrons. The molecular weight excluding hydrogens is 404 g/mol. The fourth-order valence-corrected chi connectivity index (χ4v) is 4.69. The summed E-state index contributed by atoms with van der Waals surface area (Å²) < 4.78 is 0. The van der Waals surface area contributed by atoms with E-state index in [1.54, 1.807) is 12.1 Å². The average Bonchev–Trinajstić information content (AvgIpc) is 2.77. The van der Waals surface area contributed by atoms with Crippen LogP contribution in [0.5, 0.6) is 0 Å². The molecular formula is C25H38N4O3. The first-order valence-corrected chi connectivity index (χ1v) is 12.0. The van der Waals surface area contributed by atoms with Crippen molar-refractivity contribution in [2.75, 3.05) is 19.6 Å². The Morgan fingerprint density at radius 1 is 0.938 bits per heavy atom. The van der Waals surface area contributed by atoms with Crippen LogP contribution in [0, 0.1) is 12.8 Å². The van der Waals surface area contributed by atoms with Crippen molar-refractivity contribution in [3.05, 3.63) is 35.4 Å². The molecule has 0 saturated carbocycles. The summed E-state index contributed by atoms with van der Waals surface area (Å²) in [7, 11) is 0. The molecule has 7 nitrogen and oxygen atoms in total. The molecule has 32 heavy (non-hydrogen) atoms. The van der Waals surface area contributed by atoms with E-state index in [-0.39, 0.29) is 35.8 Å². The number of rotatable bonds is 5. The third kappa shape index (κ3) is 6.02. The minimum atomic E-state index is -0.570. The van der Waals surface area contributed by atoms with Gasteiger partial charge in [0.05, 0.1) is 0 Å². The molecule has 2 aliphatic rings. The van der Waals surface area contributed by atoms with Crippen LogP contribution in [0.4, 0.5) is 4.79 Å². The van der Waals surface area contributed by atoms with E-state index in [1.807, 2.05) is 42.7 Å². The van der Waals surface area contributed by atoms with E-state index in [9.17, 15) is 14.4 Å². The minimum absolute atomic E-state index is 0.00845. The van der Waals surface area contributed by atoms with Crippen LogP contribution in [0.1, 0.15) is 68.8 Å². The molecule has 2 fully saturated rings. The summed E-state index contributed by atoms with van der Waals surface area (Å²) in [4.78, 5) is 42.7. The lowest BCUT2D eigenvalue weighted by atomic mass is 9.87. The second-order valence-electron chi connectivity index (χ2n) is 9.62. The lowest BCUT2D eigenvalue weighted by Crippen LogP contribution is -2.57. The summed E-state index contributed by atoms with van der Waals surface area (Å²) in [6, 6.07) is 7.06. The van der Waals surface area contributed by atoms with Crippen molar-refractivity contribution in [2.24, 2.45) is 5.92 Å². The molecule has 0 radical (unpaired) electrons. The van der Waals surface area contributed by atoms with Crippen molar-refractivity contribution in [2.45, 2.75) is 77.9 Å². The minimum Gasteiger partial charge on any atom is -0.340 e. The first kappa shape index (κ1) is 24.1. The summed E-state index contributed by atoms with van der Waals surface area (Å²) in [5, 5.41) is 6.00. The normalized spacial score (nSPS) is 20.7. The highest BCUT2D eigenvalue weighted by Gasteiger charge is 2.38. The standard InChI is InChI=1S/C25H38N4O3/c1-17(2)26-25(32)28-15-12-20(13-16-28)22(24(31)29-14-6-5-7-19(29)4)27-23(30)21-10-8-18(3)9-11-21/h8-11,17,19-20,22H,5-7,12-16H2,1-4H3,(H,26,32)(H,27,30). The van der Waals surface area contributed by atoms with Gasteiger partial charge < -0.3 is 20.4 Å². The Morgan fingerprint density at radius 2 is 1.59 bits per heavy atom. The number of amides is 4. The van der Waals surface area contributed by atoms with Crippen molar-refractivity contribution in [3.8, 4) is 0 Å². The second kappa shape index (κ2) is 10.8. The molecule has 2 atom stereocenters. The molecule has 1 aromatic rings. The van der Waals surface area contributed by atoms with Crippen molar-refractivity contribution in [1.82, 2.24) is 20.4 Å². The monoisotopic (exact) mass is 442 g/mol. The largest absolute Gasteiger partial charge is 0.340 e. The van der Waals surface area contributed by atoms with E-state index < -0.39 is 6.04 Å². The van der Waals surface area contributed by atoms with E-state index in [4.69, 9.17) is 0 Å². The van der Waals surface area contributed by atoms with Crippen LogP contribution in [0.2, 0.25) is 0 Å². The summed E-state index contributed by atoms with van der Waals surface area (Å²) in [5.41, 5.74) is 1.65. The zero-order chi connectivity index (χ0) is 23.3. The van der Waals surface area contributed by atoms with E-state index in [2.05, 4.69) is 17.6 Å². The molecule has 0 aliphatic carbocycles. The van der Waals surface area contributed by atoms with Gasteiger partial charge in [-0.15, -0.1) is 0 Å². The Labute approximate surface area is 191 Å². The number of hydrogen-bond donors (Lipinski definition) is 2. The number of carbonyl (C=O) groups excluding carboxylic acids is 3. The van der Waals surface area contributed by atoms with Crippen LogP contribution in [-0.2, 0) is 4.79 Å². The highest BCUT2D eigenvalue weighted by Crippen LogP contribution is 2.25. The molecule has 4 amide bonds. The number of carbonyl (C=O) groups is 3. The van der Waals surface area contributed by atoms with Crippen LogP contribution in [-0.4, -0.2) is 65.4 Å². The Morgan fingerprint density at radius 3 is 2.19 bits per heavy atom. The van der Waals surface area contributed by atoms with Crippen molar-refractivity contribution >= 4 is 17.8 Å². The molecule has 0 spiro atoms. The zero-order valence-electron chi connectivity index (χ0n) is 19.9. The van der Waals surface area contributed by atoms with Crippen molar-refractivity contribution in [1.29, 1.82) is 0 Å². The molecule has 2 heterocycles. The Bertz CT molecular complexity index is 800. The quantitative estimate of drug-likeness (QED) is 0.734. The smallest absolute Gasteiger partial charge is 0.317 e. The molecule has 7 heteroatoms. The van der Waals surface area contributed by atoms with Gasteiger partial charge in [-0.2, -0.15) is 0 Å². The van der Waals surface area contributed by atoms with Gasteiger partial charge in [-0.3, -0.25) is 9.59 Å². The molecule has 2 N–H and O–H groups in total. The second-order valence-corrected chi connectivity index (χ2v) is 9.62. The third-order valence-electron chi connectivity index (χ3n) is 6.66. The molecule has 2 unspecified atom stereocenters. The molecule has 0 aromatic heterocycles. The van der Waals surface area contributed by atoms with E-state index in [0.29, 0.717) is 31.5 Å². The van der Waals surface area contributed by atoms with E-state index >= 15 is 0 Å². The summed E-state index contributed by atoms with van der Waals surface area (Å²) in [6.07, 6.45) is 4.52. The number of urea groups is 1. The van der Waals surface area contributed by atoms with E-state index in [0.717, 1.165) is 31.4 Å². The highest BCUT2D eigenvalue weighted by atomic mass is 16.2. The molecule has 3 rings (SSSR count). The maximum Gasteiger partial charge on any atom is 0.317 e. The van der Waals surface area contributed by atoms with Gasteiger partial charge in [-0.1, -0.05) is 17.7 Å². The first-order chi connectivity index (χ1) is 15.3. The van der Waals surface area contributed by atoms with Crippen LogP contribution in [0.15, 0.2) is 24.3 Å². The van der Waals surface area contributed by atoms with Crippen molar-refractivity contribution in [3.63, 3.8) is 0 Å². The predicted octanol–water partition coefficient (Wildman–Crippen LogP) is 3.32. The summed E-state index contributed by atoms with van der Waals surface area (Å²) in [5.74, 6) is -0.190. The number of hydrogen-bond acceptors (Lipinski definition) is 3. The molecule has 2 aliphatic heterocycles. The van der Waals surface area contributed by atoms with Crippen LogP contribution < -0.4 is 10.6 Å². The van der Waals surface area contributed by atoms with Gasteiger partial charge in [0.15, 0.2) is 0 Å². The highest BCUT2D eigenvalue weighted by molar-refractivity contribution is 5.97. The summed E-state index contributed by atoms with van der Waals surface area (Å²) >= 11 is 0. The predicted molar refractivity (Wildman–Crippen MR) is 125 cm³/mol. The van der Waals surface area contributed by atoms with Gasteiger partial charge >= 0.3 is 6.03 Å². The number of likely N-dealkylation sites (tertiary alicyclic amines) is 2. The van der Waals surface area contributed by atoms with Gasteiger partial charge in [0.25, 0.3) is 5.91 Å². The fraction of sp³-hybridized carbons (Fsp3) is 0.640. The number of nitrogens with one attached hydrogen (secondary N) is 2. The molecule has 0 bridgehead atoms. The van der Waals surface area contributed by atoms with Gasteiger partial charge in [-0.25, -0.2) is 4.79 Å². The maximum absolute atomic E-state index is 13.6. The van der Waals surface area contributed by atoms with Crippen LogP contribution >= 0.6 is 0 Å². The Balaban J connectivity index is 1.73. The Hall–Kier alpha value is -2.57. The molecule has 1 aromatic carbocycles. The number of piperidine rings is 2. The zero-order valence-corrected chi connectivity index (χ0v) is 19.9. The first-order valence-electron chi connectivity index (χ1n) is 12.0. The van der Waals surface area contributed by atoms with Gasteiger partial charge in [0.1, 0.15) is 6.04 Å². The lowest BCUT2D eigenvalue weighted by Gasteiger charge is -2.40.